The first-order valence-electron chi connectivity index (χ1n) is 6.22. The molecule has 0 atom stereocenters. The van der Waals surface area contributed by atoms with Crippen LogP contribution in [-0.2, 0) is 11.3 Å². The average Bonchev–Trinajstić information content (AvgIpc) is 2.81. The molecule has 0 aliphatic carbocycles. The van der Waals surface area contributed by atoms with E-state index in [4.69, 9.17) is 15.2 Å². The lowest BCUT2D eigenvalue weighted by molar-refractivity contribution is 0.146. The minimum absolute atomic E-state index is 0.476. The van der Waals surface area contributed by atoms with Crippen molar-refractivity contribution in [3.8, 4) is 17.0 Å². The Labute approximate surface area is 112 Å². The number of aromatic amines is 1. The molecule has 0 saturated carbocycles. The van der Waals surface area contributed by atoms with E-state index in [1.165, 1.54) is 0 Å². The number of aromatic nitrogens is 2. The molecule has 0 aliphatic rings. The highest BCUT2D eigenvalue weighted by atomic mass is 16.5. The quantitative estimate of drug-likeness (QED) is 0.779. The SMILES string of the molecule is COCCOc1ccc(-c2n[nH]c(C)c2CN)cc1. The molecule has 0 amide bonds. The highest BCUT2D eigenvalue weighted by Crippen LogP contribution is 2.25. The summed E-state index contributed by atoms with van der Waals surface area (Å²) >= 11 is 0. The zero-order valence-electron chi connectivity index (χ0n) is 11.3. The molecule has 5 nitrogen and oxygen atoms in total. The van der Waals surface area contributed by atoms with Gasteiger partial charge in [0.25, 0.3) is 0 Å². The van der Waals surface area contributed by atoms with E-state index in [2.05, 4.69) is 10.2 Å². The van der Waals surface area contributed by atoms with Gasteiger partial charge in [-0.3, -0.25) is 5.10 Å². The maximum Gasteiger partial charge on any atom is 0.119 e. The molecule has 0 saturated heterocycles. The number of H-pyrrole nitrogens is 1. The Bertz CT molecular complexity index is 520. The van der Waals surface area contributed by atoms with Crippen LogP contribution in [0.4, 0.5) is 0 Å². The van der Waals surface area contributed by atoms with Crippen molar-refractivity contribution in [3.63, 3.8) is 0 Å². The summed E-state index contributed by atoms with van der Waals surface area (Å²) in [6.07, 6.45) is 0. The van der Waals surface area contributed by atoms with E-state index in [1.54, 1.807) is 7.11 Å². The zero-order chi connectivity index (χ0) is 13.7. The van der Waals surface area contributed by atoms with Gasteiger partial charge in [-0.2, -0.15) is 5.10 Å². The van der Waals surface area contributed by atoms with Crippen LogP contribution in [0.15, 0.2) is 24.3 Å². The fourth-order valence-electron chi connectivity index (χ4n) is 1.89. The lowest BCUT2D eigenvalue weighted by atomic mass is 10.1. The van der Waals surface area contributed by atoms with Crippen LogP contribution in [-0.4, -0.2) is 30.5 Å². The molecule has 1 aromatic carbocycles. The standard InChI is InChI=1S/C14H19N3O2/c1-10-13(9-15)14(17-16-10)11-3-5-12(6-4-11)19-8-7-18-2/h3-6H,7-9,15H2,1-2H3,(H,16,17). The molecule has 0 radical (unpaired) electrons. The predicted molar refractivity (Wildman–Crippen MR) is 74.0 cm³/mol. The molecule has 0 bridgehead atoms. The number of benzene rings is 1. The van der Waals surface area contributed by atoms with Crippen molar-refractivity contribution < 1.29 is 9.47 Å². The third kappa shape index (κ3) is 3.13. The minimum atomic E-state index is 0.476. The summed E-state index contributed by atoms with van der Waals surface area (Å²) < 4.78 is 10.5. The predicted octanol–water partition coefficient (Wildman–Crippen LogP) is 1.87. The zero-order valence-corrected chi connectivity index (χ0v) is 11.3. The van der Waals surface area contributed by atoms with Crippen LogP contribution in [0.25, 0.3) is 11.3 Å². The highest BCUT2D eigenvalue weighted by Gasteiger charge is 2.10. The number of rotatable bonds is 6. The van der Waals surface area contributed by atoms with Crippen molar-refractivity contribution in [2.75, 3.05) is 20.3 Å². The topological polar surface area (TPSA) is 73.2 Å². The third-order valence-corrected chi connectivity index (χ3v) is 2.96. The van der Waals surface area contributed by atoms with Crippen molar-refractivity contribution in [3.05, 3.63) is 35.5 Å². The Kier molecular flexibility index (Phi) is 4.54. The molecule has 2 aromatic rings. The molecule has 1 heterocycles. The first-order chi connectivity index (χ1) is 9.26. The van der Waals surface area contributed by atoms with Crippen LogP contribution in [0.1, 0.15) is 11.3 Å². The summed E-state index contributed by atoms with van der Waals surface area (Å²) in [4.78, 5) is 0. The second-order valence-corrected chi connectivity index (χ2v) is 4.25. The van der Waals surface area contributed by atoms with Crippen LogP contribution in [0, 0.1) is 6.92 Å². The number of hydrogen-bond donors (Lipinski definition) is 2. The molecule has 1 aromatic heterocycles. The van der Waals surface area contributed by atoms with Crippen molar-refractivity contribution in [1.82, 2.24) is 10.2 Å². The van der Waals surface area contributed by atoms with E-state index < -0.39 is 0 Å². The number of nitrogens with one attached hydrogen (secondary N) is 1. The number of aryl methyl sites for hydroxylation is 1. The Morgan fingerprint density at radius 2 is 1.95 bits per heavy atom. The van der Waals surface area contributed by atoms with Gasteiger partial charge in [-0.25, -0.2) is 0 Å². The Morgan fingerprint density at radius 1 is 1.21 bits per heavy atom. The minimum Gasteiger partial charge on any atom is -0.491 e. The van der Waals surface area contributed by atoms with E-state index in [9.17, 15) is 0 Å². The van der Waals surface area contributed by atoms with E-state index in [1.807, 2.05) is 31.2 Å². The van der Waals surface area contributed by atoms with Crippen molar-refractivity contribution in [1.29, 1.82) is 0 Å². The first-order valence-corrected chi connectivity index (χ1v) is 6.22. The lowest BCUT2D eigenvalue weighted by Gasteiger charge is -2.06. The van der Waals surface area contributed by atoms with Gasteiger partial charge in [0, 0.05) is 30.5 Å². The molecular formula is C14H19N3O2. The lowest BCUT2D eigenvalue weighted by Crippen LogP contribution is -2.04. The Balaban J connectivity index is 2.13. The highest BCUT2D eigenvalue weighted by molar-refractivity contribution is 5.64. The fourth-order valence-corrected chi connectivity index (χ4v) is 1.89. The van der Waals surface area contributed by atoms with E-state index >= 15 is 0 Å². The number of nitrogens with zero attached hydrogens (tertiary/aromatic N) is 1. The van der Waals surface area contributed by atoms with Crippen molar-refractivity contribution in [2.24, 2.45) is 5.73 Å². The average molecular weight is 261 g/mol. The van der Waals surface area contributed by atoms with Gasteiger partial charge in [0.15, 0.2) is 0 Å². The van der Waals surface area contributed by atoms with Gasteiger partial charge in [0.1, 0.15) is 12.4 Å². The van der Waals surface area contributed by atoms with Gasteiger partial charge in [-0.1, -0.05) is 0 Å². The van der Waals surface area contributed by atoms with Gasteiger partial charge >= 0.3 is 0 Å². The summed E-state index contributed by atoms with van der Waals surface area (Å²) in [5, 5.41) is 7.26. The summed E-state index contributed by atoms with van der Waals surface area (Å²) in [5.74, 6) is 0.822. The second-order valence-electron chi connectivity index (χ2n) is 4.25. The molecule has 102 valence electrons. The van der Waals surface area contributed by atoms with E-state index in [-0.39, 0.29) is 0 Å². The number of nitrogens with two attached hydrogens (primary N) is 1. The van der Waals surface area contributed by atoms with Gasteiger partial charge in [-0.05, 0) is 31.2 Å². The summed E-state index contributed by atoms with van der Waals surface area (Å²) in [6, 6.07) is 7.82. The molecular weight excluding hydrogens is 242 g/mol. The van der Waals surface area contributed by atoms with Crippen LogP contribution in [0.2, 0.25) is 0 Å². The number of ether oxygens (including phenoxy) is 2. The monoisotopic (exact) mass is 261 g/mol. The maximum absolute atomic E-state index is 5.75. The summed E-state index contributed by atoms with van der Waals surface area (Å²) in [6.45, 7) is 3.58. The van der Waals surface area contributed by atoms with Gasteiger partial charge in [-0.15, -0.1) is 0 Å². The Morgan fingerprint density at radius 3 is 2.58 bits per heavy atom. The molecule has 3 N–H and O–H groups in total. The summed E-state index contributed by atoms with van der Waals surface area (Å²) in [5.41, 5.74) is 9.74. The molecule has 0 fully saturated rings. The van der Waals surface area contributed by atoms with Crippen LogP contribution < -0.4 is 10.5 Å². The van der Waals surface area contributed by atoms with Crippen molar-refractivity contribution >= 4 is 0 Å². The van der Waals surface area contributed by atoms with Crippen LogP contribution >= 0.6 is 0 Å². The fraction of sp³-hybridized carbons (Fsp3) is 0.357. The third-order valence-electron chi connectivity index (χ3n) is 2.96. The molecule has 0 aliphatic heterocycles. The molecule has 5 heteroatoms. The van der Waals surface area contributed by atoms with Crippen molar-refractivity contribution in [2.45, 2.75) is 13.5 Å². The number of hydrogen-bond acceptors (Lipinski definition) is 4. The normalized spacial score (nSPS) is 10.7. The van der Waals surface area contributed by atoms with Crippen LogP contribution in [0.3, 0.4) is 0 Å². The van der Waals surface area contributed by atoms with E-state index in [0.29, 0.717) is 19.8 Å². The maximum atomic E-state index is 5.75. The number of methoxy groups -OCH3 is 1. The molecule has 0 spiro atoms. The first kappa shape index (κ1) is 13.6. The molecule has 19 heavy (non-hydrogen) atoms. The second kappa shape index (κ2) is 6.36. The van der Waals surface area contributed by atoms with Gasteiger partial charge in [0.2, 0.25) is 0 Å². The van der Waals surface area contributed by atoms with Gasteiger partial charge in [0.05, 0.1) is 12.3 Å². The molecule has 0 unspecified atom stereocenters. The van der Waals surface area contributed by atoms with Gasteiger partial charge < -0.3 is 15.2 Å². The molecule has 2 rings (SSSR count). The smallest absolute Gasteiger partial charge is 0.119 e. The largest absolute Gasteiger partial charge is 0.491 e. The Hall–Kier alpha value is -1.85. The summed E-state index contributed by atoms with van der Waals surface area (Å²) in [7, 11) is 1.65. The van der Waals surface area contributed by atoms with E-state index in [0.717, 1.165) is 28.3 Å². The van der Waals surface area contributed by atoms with Crippen LogP contribution in [0.5, 0.6) is 5.75 Å².